The predicted molar refractivity (Wildman–Crippen MR) is 77.7 cm³/mol. The summed E-state index contributed by atoms with van der Waals surface area (Å²) < 4.78 is 5.92. The smallest absolute Gasteiger partial charge is 0.0757 e. The fourth-order valence-electron chi connectivity index (χ4n) is 2.99. The minimum absolute atomic E-state index is 0.0220. The molecule has 1 saturated heterocycles. The van der Waals surface area contributed by atoms with E-state index in [1.807, 2.05) is 0 Å². The van der Waals surface area contributed by atoms with E-state index >= 15 is 0 Å². The second kappa shape index (κ2) is 5.89. The molecule has 0 saturated carbocycles. The van der Waals surface area contributed by atoms with Gasteiger partial charge in [-0.2, -0.15) is 0 Å². The maximum atomic E-state index is 6.22. The van der Waals surface area contributed by atoms with Crippen LogP contribution in [0.1, 0.15) is 54.4 Å². The van der Waals surface area contributed by atoms with Crippen molar-refractivity contribution in [1.29, 1.82) is 0 Å². The van der Waals surface area contributed by atoms with Crippen molar-refractivity contribution in [2.45, 2.75) is 72.1 Å². The Bertz CT molecular complexity index is 258. The molecule has 2 unspecified atom stereocenters. The van der Waals surface area contributed by atoms with Gasteiger partial charge in [-0.3, -0.25) is 4.90 Å². The summed E-state index contributed by atoms with van der Waals surface area (Å²) >= 11 is 0. The average molecular weight is 256 g/mol. The molecule has 0 aromatic rings. The monoisotopic (exact) mass is 256 g/mol. The third-order valence-electron chi connectivity index (χ3n) is 3.33. The molecule has 1 aliphatic heterocycles. The molecule has 108 valence electrons. The molecule has 0 aromatic carbocycles. The maximum absolute atomic E-state index is 6.22. The molecule has 2 N–H and O–H groups in total. The Morgan fingerprint density at radius 1 is 1.39 bits per heavy atom. The number of nitrogens with zero attached hydrogens (tertiary/aromatic N) is 1. The summed E-state index contributed by atoms with van der Waals surface area (Å²) in [5.41, 5.74) is 6.53. The molecule has 0 bridgehead atoms. The van der Waals surface area contributed by atoms with E-state index in [2.05, 4.69) is 46.4 Å². The van der Waals surface area contributed by atoms with Crippen LogP contribution in [-0.4, -0.2) is 42.3 Å². The van der Waals surface area contributed by atoms with E-state index in [-0.39, 0.29) is 5.60 Å². The number of hydrogen-bond donors (Lipinski definition) is 1. The molecule has 1 fully saturated rings. The second-order valence-electron chi connectivity index (χ2n) is 7.74. The summed E-state index contributed by atoms with van der Waals surface area (Å²) in [7, 11) is 0. The second-order valence-corrected chi connectivity index (χ2v) is 7.74. The predicted octanol–water partition coefficient (Wildman–Crippen LogP) is 2.64. The van der Waals surface area contributed by atoms with Crippen molar-refractivity contribution >= 4 is 0 Å². The summed E-state index contributed by atoms with van der Waals surface area (Å²) in [5.74, 6) is 0. The van der Waals surface area contributed by atoms with Gasteiger partial charge in [0.25, 0.3) is 0 Å². The van der Waals surface area contributed by atoms with Gasteiger partial charge in [0, 0.05) is 19.1 Å². The zero-order chi connectivity index (χ0) is 14.0. The minimum atomic E-state index is -0.0220. The van der Waals surface area contributed by atoms with E-state index < -0.39 is 0 Å². The fourth-order valence-corrected chi connectivity index (χ4v) is 2.99. The number of nitrogens with two attached hydrogens (primary N) is 1. The van der Waals surface area contributed by atoms with Crippen LogP contribution in [0.5, 0.6) is 0 Å². The van der Waals surface area contributed by atoms with Crippen molar-refractivity contribution in [2.75, 3.05) is 19.6 Å². The van der Waals surface area contributed by atoms with Crippen molar-refractivity contribution in [3.63, 3.8) is 0 Å². The highest BCUT2D eigenvalue weighted by atomic mass is 16.5. The van der Waals surface area contributed by atoms with Crippen molar-refractivity contribution in [2.24, 2.45) is 11.1 Å². The van der Waals surface area contributed by atoms with Gasteiger partial charge in [0.15, 0.2) is 0 Å². The fraction of sp³-hybridized carbons (Fsp3) is 1.00. The van der Waals surface area contributed by atoms with E-state index in [0.717, 1.165) is 32.5 Å². The SMILES string of the molecule is CC1CN(CCC(N)CC(C)(C)C)CC(C)(C)O1. The summed E-state index contributed by atoms with van der Waals surface area (Å²) in [4.78, 5) is 2.50. The molecular formula is C15H32N2O. The summed E-state index contributed by atoms with van der Waals surface area (Å²) in [5, 5.41) is 0. The Kier molecular flexibility index (Phi) is 5.22. The molecule has 1 rings (SSSR count). The quantitative estimate of drug-likeness (QED) is 0.840. The first-order valence-electron chi connectivity index (χ1n) is 7.23. The maximum Gasteiger partial charge on any atom is 0.0757 e. The van der Waals surface area contributed by atoms with Crippen molar-refractivity contribution in [1.82, 2.24) is 4.90 Å². The first-order valence-corrected chi connectivity index (χ1v) is 7.23. The topological polar surface area (TPSA) is 38.5 Å². The number of rotatable bonds is 4. The van der Waals surface area contributed by atoms with Crippen LogP contribution in [0.25, 0.3) is 0 Å². The summed E-state index contributed by atoms with van der Waals surface area (Å²) in [6.45, 7) is 16.4. The highest BCUT2D eigenvalue weighted by Crippen LogP contribution is 2.23. The molecule has 3 nitrogen and oxygen atoms in total. The molecule has 1 heterocycles. The molecule has 1 aliphatic rings. The van der Waals surface area contributed by atoms with Crippen LogP contribution >= 0.6 is 0 Å². The van der Waals surface area contributed by atoms with Gasteiger partial charge in [0.2, 0.25) is 0 Å². The van der Waals surface area contributed by atoms with Crippen molar-refractivity contribution < 1.29 is 4.74 Å². The largest absolute Gasteiger partial charge is 0.370 e. The third-order valence-corrected chi connectivity index (χ3v) is 3.33. The average Bonchev–Trinajstić information content (AvgIpc) is 2.08. The molecular weight excluding hydrogens is 224 g/mol. The van der Waals surface area contributed by atoms with Crippen molar-refractivity contribution in [3.8, 4) is 0 Å². The Labute approximate surface area is 113 Å². The zero-order valence-electron chi connectivity index (χ0n) is 13.1. The lowest BCUT2D eigenvalue weighted by Crippen LogP contribution is -2.52. The van der Waals surface area contributed by atoms with Crippen LogP contribution in [-0.2, 0) is 4.74 Å². The highest BCUT2D eigenvalue weighted by Gasteiger charge is 2.31. The normalized spacial score (nSPS) is 27.2. The number of ether oxygens (including phenoxy) is 1. The lowest BCUT2D eigenvalue weighted by Gasteiger charge is -2.42. The Morgan fingerprint density at radius 3 is 2.50 bits per heavy atom. The van der Waals surface area contributed by atoms with Crippen LogP contribution in [0.2, 0.25) is 0 Å². The molecule has 0 radical (unpaired) electrons. The van der Waals surface area contributed by atoms with Crippen LogP contribution < -0.4 is 5.73 Å². The van der Waals surface area contributed by atoms with Gasteiger partial charge in [0.05, 0.1) is 11.7 Å². The van der Waals surface area contributed by atoms with Gasteiger partial charge in [-0.05, 0) is 45.6 Å². The van der Waals surface area contributed by atoms with E-state index in [1.165, 1.54) is 0 Å². The van der Waals surface area contributed by atoms with Gasteiger partial charge < -0.3 is 10.5 Å². The summed E-state index contributed by atoms with van der Waals surface area (Å²) in [6.07, 6.45) is 2.50. The van der Waals surface area contributed by atoms with Crippen LogP contribution in [0.15, 0.2) is 0 Å². The van der Waals surface area contributed by atoms with E-state index in [0.29, 0.717) is 17.6 Å². The van der Waals surface area contributed by atoms with Gasteiger partial charge in [-0.1, -0.05) is 20.8 Å². The van der Waals surface area contributed by atoms with E-state index in [1.54, 1.807) is 0 Å². The molecule has 18 heavy (non-hydrogen) atoms. The van der Waals surface area contributed by atoms with Crippen LogP contribution in [0, 0.1) is 5.41 Å². The number of morpholine rings is 1. The number of hydrogen-bond acceptors (Lipinski definition) is 3. The third kappa shape index (κ3) is 6.17. The van der Waals surface area contributed by atoms with E-state index in [9.17, 15) is 0 Å². The lowest BCUT2D eigenvalue weighted by atomic mass is 9.87. The molecule has 0 spiro atoms. The Hall–Kier alpha value is -0.120. The first-order chi connectivity index (χ1) is 8.07. The first kappa shape index (κ1) is 15.9. The van der Waals surface area contributed by atoms with E-state index in [4.69, 9.17) is 10.5 Å². The molecule has 3 heteroatoms. The molecule has 2 atom stereocenters. The zero-order valence-corrected chi connectivity index (χ0v) is 13.1. The molecule has 0 aromatic heterocycles. The summed E-state index contributed by atoms with van der Waals surface area (Å²) in [6, 6.07) is 0.311. The van der Waals surface area contributed by atoms with Gasteiger partial charge in [-0.25, -0.2) is 0 Å². The van der Waals surface area contributed by atoms with Gasteiger partial charge in [-0.15, -0.1) is 0 Å². The standard InChI is InChI=1S/C15H32N2O/c1-12-10-17(11-15(5,6)18-12)8-7-13(16)9-14(2,3)4/h12-13H,7-11,16H2,1-6H3. The van der Waals surface area contributed by atoms with Crippen molar-refractivity contribution in [3.05, 3.63) is 0 Å². The lowest BCUT2D eigenvalue weighted by molar-refractivity contribution is -0.129. The van der Waals surface area contributed by atoms with Crippen LogP contribution in [0.3, 0.4) is 0 Å². The Balaban J connectivity index is 2.34. The van der Waals surface area contributed by atoms with Gasteiger partial charge in [0.1, 0.15) is 0 Å². The molecule has 0 aliphatic carbocycles. The minimum Gasteiger partial charge on any atom is -0.370 e. The molecule has 0 amide bonds. The highest BCUT2D eigenvalue weighted by molar-refractivity contribution is 4.83. The Morgan fingerprint density at radius 2 is 2.00 bits per heavy atom. The van der Waals surface area contributed by atoms with Gasteiger partial charge >= 0.3 is 0 Å². The van der Waals surface area contributed by atoms with Crippen LogP contribution in [0.4, 0.5) is 0 Å².